The van der Waals surface area contributed by atoms with Crippen LogP contribution in [-0.4, -0.2) is 33.7 Å². The Kier molecular flexibility index (Phi) is 5.87. The molecule has 3 unspecified atom stereocenters. The Balaban J connectivity index is 0.00000210. The monoisotopic (exact) mass is 431 g/mol. The number of rotatable bonds is 4. The fraction of sp³-hybridized carbons (Fsp3) is 0.478. The summed E-state index contributed by atoms with van der Waals surface area (Å²) in [4.78, 5) is 2.61. The molecule has 4 heteroatoms. The molecule has 1 aliphatic heterocycles. The van der Waals surface area contributed by atoms with Crippen LogP contribution in [0.25, 0.3) is 0 Å². The molecule has 2 N–H and O–H groups in total. The zero-order valence-corrected chi connectivity index (χ0v) is 17.8. The predicted octanol–water partition coefficient (Wildman–Crippen LogP) is 5.46. The van der Waals surface area contributed by atoms with Gasteiger partial charge in [-0.2, -0.15) is 0 Å². The number of aromatic hydroxyl groups is 2. The summed E-state index contributed by atoms with van der Waals surface area (Å²) in [5, 5.41) is 20.0. The third kappa shape index (κ3) is 4.02. The van der Waals surface area contributed by atoms with Gasteiger partial charge in [0.1, 0.15) is 11.5 Å². The van der Waals surface area contributed by atoms with Crippen LogP contribution in [0.4, 0.5) is 0 Å². The van der Waals surface area contributed by atoms with Gasteiger partial charge in [-0.3, -0.25) is 4.90 Å². The highest BCUT2D eigenvalue weighted by atomic mass is 79.9. The second-order valence-electron chi connectivity index (χ2n) is 8.59. The van der Waals surface area contributed by atoms with Crippen LogP contribution < -0.4 is 0 Å². The van der Waals surface area contributed by atoms with Gasteiger partial charge in [0, 0.05) is 17.5 Å². The van der Waals surface area contributed by atoms with E-state index >= 15 is 0 Å². The molecule has 2 aromatic carbocycles. The van der Waals surface area contributed by atoms with Crippen molar-refractivity contribution in [3.8, 4) is 11.5 Å². The Labute approximate surface area is 172 Å². The van der Waals surface area contributed by atoms with Crippen molar-refractivity contribution in [2.45, 2.75) is 56.5 Å². The number of fused-ring (bicyclic) bond motifs is 2. The van der Waals surface area contributed by atoms with Crippen molar-refractivity contribution in [1.29, 1.82) is 0 Å². The maximum atomic E-state index is 10.0. The highest BCUT2D eigenvalue weighted by Crippen LogP contribution is 2.48. The van der Waals surface area contributed by atoms with E-state index in [-0.39, 0.29) is 28.4 Å². The summed E-state index contributed by atoms with van der Waals surface area (Å²) in [6.07, 6.45) is 6.24. The van der Waals surface area contributed by atoms with Crippen LogP contribution in [0.5, 0.6) is 11.5 Å². The van der Waals surface area contributed by atoms with Crippen LogP contribution >= 0.6 is 17.0 Å². The first-order chi connectivity index (χ1) is 12.4. The van der Waals surface area contributed by atoms with Gasteiger partial charge in [-0.25, -0.2) is 0 Å². The average molecular weight is 432 g/mol. The van der Waals surface area contributed by atoms with Crippen LogP contribution in [0, 0.1) is 5.92 Å². The first-order valence-corrected chi connectivity index (χ1v) is 9.75. The van der Waals surface area contributed by atoms with E-state index in [9.17, 15) is 10.2 Å². The Morgan fingerprint density at radius 1 is 1.04 bits per heavy atom. The summed E-state index contributed by atoms with van der Waals surface area (Å²) in [5.74, 6) is 1.60. The third-order valence-corrected chi connectivity index (χ3v) is 6.83. The maximum absolute atomic E-state index is 10.0. The molecular formula is C23H30BrNO2. The van der Waals surface area contributed by atoms with Crippen LogP contribution in [0.1, 0.15) is 56.1 Å². The number of piperidine rings is 1. The van der Waals surface area contributed by atoms with Gasteiger partial charge in [-0.05, 0) is 87.4 Å². The van der Waals surface area contributed by atoms with Crippen molar-refractivity contribution < 1.29 is 10.2 Å². The molecule has 2 fully saturated rings. The maximum Gasteiger partial charge on any atom is 0.115 e. The average Bonchev–Trinajstić information content (AvgIpc) is 3.02. The Morgan fingerprint density at radius 2 is 1.63 bits per heavy atom. The van der Waals surface area contributed by atoms with Gasteiger partial charge in [0.05, 0.1) is 0 Å². The van der Waals surface area contributed by atoms with E-state index < -0.39 is 0 Å². The van der Waals surface area contributed by atoms with Crippen molar-refractivity contribution >= 4 is 17.0 Å². The van der Waals surface area contributed by atoms with E-state index in [1.54, 1.807) is 12.1 Å². The lowest BCUT2D eigenvalue weighted by Crippen LogP contribution is -2.52. The number of likely N-dealkylation sites (tertiary alicyclic amines) is 1. The number of hydrogen-bond donors (Lipinski definition) is 2. The van der Waals surface area contributed by atoms with Gasteiger partial charge in [0.25, 0.3) is 0 Å². The first-order valence-electron chi connectivity index (χ1n) is 9.75. The molecule has 0 amide bonds. The molecule has 146 valence electrons. The largest absolute Gasteiger partial charge is 0.508 e. The number of benzene rings is 2. The number of phenols is 2. The van der Waals surface area contributed by atoms with Crippen molar-refractivity contribution in [3.05, 3.63) is 59.7 Å². The van der Waals surface area contributed by atoms with Crippen LogP contribution in [-0.2, 0) is 0 Å². The van der Waals surface area contributed by atoms with E-state index in [1.165, 1.54) is 25.7 Å². The molecule has 3 nitrogen and oxygen atoms in total. The number of hydrogen-bond acceptors (Lipinski definition) is 3. The highest BCUT2D eigenvalue weighted by Gasteiger charge is 2.46. The van der Waals surface area contributed by atoms with E-state index in [4.69, 9.17) is 0 Å². The first kappa shape index (κ1) is 20.2. The summed E-state index contributed by atoms with van der Waals surface area (Å²) in [7, 11) is 2.29. The van der Waals surface area contributed by atoms with Crippen molar-refractivity contribution in [1.82, 2.24) is 4.90 Å². The van der Waals surface area contributed by atoms with E-state index in [0.717, 1.165) is 23.5 Å². The number of nitrogens with zero attached hydrogens (tertiary/aromatic N) is 1. The zero-order valence-electron chi connectivity index (χ0n) is 16.1. The Hall–Kier alpha value is -1.52. The van der Waals surface area contributed by atoms with Crippen molar-refractivity contribution in [2.24, 2.45) is 5.92 Å². The lowest BCUT2D eigenvalue weighted by atomic mass is 9.73. The van der Waals surface area contributed by atoms with E-state index in [1.807, 2.05) is 24.3 Å². The van der Waals surface area contributed by atoms with Gasteiger partial charge < -0.3 is 10.2 Å². The van der Waals surface area contributed by atoms with Crippen molar-refractivity contribution in [3.63, 3.8) is 0 Å². The fourth-order valence-electron chi connectivity index (χ4n) is 5.37. The molecule has 3 atom stereocenters. The summed E-state index contributed by atoms with van der Waals surface area (Å²) in [6, 6.07) is 15.9. The molecular weight excluding hydrogens is 402 g/mol. The molecule has 1 saturated carbocycles. The SMILES string of the molecule is Br.CN1C2CCC(C2)CC1(C)CC(c1cccc(O)c1)c1cccc(O)c1. The van der Waals surface area contributed by atoms with E-state index in [0.29, 0.717) is 17.5 Å². The fourth-order valence-corrected chi connectivity index (χ4v) is 5.37. The molecule has 1 heterocycles. The van der Waals surface area contributed by atoms with Gasteiger partial charge in [-0.15, -0.1) is 17.0 Å². The molecule has 4 rings (SSSR count). The summed E-state index contributed by atoms with van der Waals surface area (Å²) in [5.41, 5.74) is 2.36. The van der Waals surface area contributed by atoms with Crippen LogP contribution in [0.3, 0.4) is 0 Å². The molecule has 1 aliphatic carbocycles. The van der Waals surface area contributed by atoms with Gasteiger partial charge in [0.2, 0.25) is 0 Å². The minimum atomic E-state index is 0. The minimum absolute atomic E-state index is 0. The summed E-state index contributed by atoms with van der Waals surface area (Å²) in [6.45, 7) is 2.40. The molecule has 2 bridgehead atoms. The quantitative estimate of drug-likeness (QED) is 0.674. The van der Waals surface area contributed by atoms with Crippen LogP contribution in [0.2, 0.25) is 0 Å². The second kappa shape index (κ2) is 7.84. The van der Waals surface area contributed by atoms with Crippen LogP contribution in [0.15, 0.2) is 48.5 Å². The standard InChI is InChI=1S/C23H29NO2.BrH/c1-23(14-16-9-10-19(11-16)24(23)2)15-22(17-5-3-7-20(25)12-17)18-6-4-8-21(26)13-18;/h3-8,12-13,16,19,22,25-26H,9-11,14-15H2,1-2H3;1H. The molecule has 0 radical (unpaired) electrons. The molecule has 2 aromatic rings. The normalized spacial score (nSPS) is 27.5. The smallest absolute Gasteiger partial charge is 0.115 e. The molecule has 27 heavy (non-hydrogen) atoms. The third-order valence-electron chi connectivity index (χ3n) is 6.83. The second-order valence-corrected chi connectivity index (χ2v) is 8.59. The molecule has 0 aromatic heterocycles. The molecule has 0 spiro atoms. The Bertz CT molecular complexity index is 750. The topological polar surface area (TPSA) is 43.7 Å². The Morgan fingerprint density at radius 3 is 2.19 bits per heavy atom. The van der Waals surface area contributed by atoms with E-state index in [2.05, 4.69) is 31.0 Å². The molecule has 1 saturated heterocycles. The van der Waals surface area contributed by atoms with Gasteiger partial charge in [0.15, 0.2) is 0 Å². The zero-order chi connectivity index (χ0) is 18.3. The van der Waals surface area contributed by atoms with Crippen molar-refractivity contribution in [2.75, 3.05) is 7.05 Å². The highest BCUT2D eigenvalue weighted by molar-refractivity contribution is 8.93. The minimum Gasteiger partial charge on any atom is -0.508 e. The van der Waals surface area contributed by atoms with Gasteiger partial charge >= 0.3 is 0 Å². The van der Waals surface area contributed by atoms with Gasteiger partial charge in [-0.1, -0.05) is 24.3 Å². The lowest BCUT2D eigenvalue weighted by Gasteiger charge is -2.48. The molecule has 2 aliphatic rings. The predicted molar refractivity (Wildman–Crippen MR) is 115 cm³/mol. The summed E-state index contributed by atoms with van der Waals surface area (Å²) >= 11 is 0. The number of halogens is 1. The number of phenolic OH excluding ortho intramolecular Hbond substituents is 2. The lowest BCUT2D eigenvalue weighted by molar-refractivity contribution is 0.0291. The summed E-state index contributed by atoms with van der Waals surface area (Å²) < 4.78 is 0.